The average molecular weight is 489 g/mol. The third-order valence-corrected chi connectivity index (χ3v) is 5.63. The van der Waals surface area contributed by atoms with Crippen LogP contribution in [-0.4, -0.2) is 60.6 Å². The van der Waals surface area contributed by atoms with Crippen LogP contribution in [0.1, 0.15) is 29.9 Å². The highest BCUT2D eigenvalue weighted by Crippen LogP contribution is 2.32. The molecule has 3 aromatic heterocycles. The largest absolute Gasteiger partial charge is 0.433 e. The molecule has 3 N–H and O–H groups in total. The molecule has 0 spiro atoms. The van der Waals surface area contributed by atoms with Crippen LogP contribution in [0.4, 0.5) is 29.7 Å². The van der Waals surface area contributed by atoms with Gasteiger partial charge in [0, 0.05) is 31.2 Å². The van der Waals surface area contributed by atoms with Crippen molar-refractivity contribution in [3.8, 4) is 11.1 Å². The Morgan fingerprint density at radius 2 is 1.86 bits per heavy atom. The van der Waals surface area contributed by atoms with E-state index in [0.29, 0.717) is 22.4 Å². The smallest absolute Gasteiger partial charge is 0.347 e. The zero-order valence-corrected chi connectivity index (χ0v) is 18.9. The van der Waals surface area contributed by atoms with E-state index in [2.05, 4.69) is 25.3 Å². The van der Waals surface area contributed by atoms with Crippen molar-refractivity contribution in [2.75, 3.05) is 23.8 Å². The van der Waals surface area contributed by atoms with Crippen LogP contribution in [0.5, 0.6) is 0 Å². The lowest BCUT2D eigenvalue weighted by Gasteiger charge is -2.20. The van der Waals surface area contributed by atoms with Gasteiger partial charge in [-0.05, 0) is 49.2 Å². The number of pyridine rings is 2. The summed E-state index contributed by atoms with van der Waals surface area (Å²) in [6, 6.07) is 4.65. The minimum atomic E-state index is -4.55. The van der Waals surface area contributed by atoms with Crippen LogP contribution in [0, 0.1) is 6.92 Å². The quantitative estimate of drug-likeness (QED) is 0.467. The molecule has 1 atom stereocenters. The van der Waals surface area contributed by atoms with E-state index in [1.807, 2.05) is 0 Å². The van der Waals surface area contributed by atoms with Crippen molar-refractivity contribution in [3.63, 3.8) is 0 Å². The molecule has 10 nitrogen and oxygen atoms in total. The number of β-amino-alcohol motifs (C(OH)–C–C–N with tert-alkyl or cyclic N) is 2. The number of halogens is 3. The number of anilines is 2. The molecule has 0 aromatic carbocycles. The molecule has 0 radical (unpaired) electrons. The van der Waals surface area contributed by atoms with E-state index in [4.69, 9.17) is 0 Å². The molecule has 0 saturated carbocycles. The molecule has 0 bridgehead atoms. The number of amides is 2. The Hall–Kier alpha value is -3.84. The van der Waals surface area contributed by atoms with Gasteiger partial charge in [0.2, 0.25) is 5.95 Å². The first-order valence-electron chi connectivity index (χ1n) is 10.5. The van der Waals surface area contributed by atoms with Crippen LogP contribution in [-0.2, 0) is 6.18 Å². The normalized spacial score (nSPS) is 16.5. The summed E-state index contributed by atoms with van der Waals surface area (Å²) in [5.41, 5.74) is 1.22. The van der Waals surface area contributed by atoms with Crippen LogP contribution in [0.25, 0.3) is 11.1 Å². The summed E-state index contributed by atoms with van der Waals surface area (Å²) >= 11 is 0. The molecule has 0 aliphatic carbocycles. The lowest BCUT2D eigenvalue weighted by Crippen LogP contribution is -2.44. The molecular weight excluding hydrogens is 467 g/mol. The fourth-order valence-electron chi connectivity index (χ4n) is 3.61. The van der Waals surface area contributed by atoms with Crippen molar-refractivity contribution in [2.45, 2.75) is 32.0 Å². The maximum absolute atomic E-state index is 13.0. The van der Waals surface area contributed by atoms with Gasteiger partial charge in [-0.25, -0.2) is 9.78 Å². The van der Waals surface area contributed by atoms with E-state index >= 15 is 0 Å². The third-order valence-electron chi connectivity index (χ3n) is 5.63. The van der Waals surface area contributed by atoms with Crippen molar-refractivity contribution < 1.29 is 28.2 Å². The number of aromatic nitrogens is 4. The number of rotatable bonds is 5. The Morgan fingerprint density at radius 1 is 1.14 bits per heavy atom. The summed E-state index contributed by atoms with van der Waals surface area (Å²) in [6.07, 6.45) is -0.519. The Kier molecular flexibility index (Phi) is 6.07. The van der Waals surface area contributed by atoms with Crippen molar-refractivity contribution in [1.82, 2.24) is 24.8 Å². The summed E-state index contributed by atoms with van der Waals surface area (Å²) < 4.78 is 39.1. The first-order valence-corrected chi connectivity index (χ1v) is 10.5. The number of aliphatic hydroxyl groups is 2. The Balaban J connectivity index is 1.53. The van der Waals surface area contributed by atoms with Gasteiger partial charge in [0.15, 0.2) is 0 Å². The minimum Gasteiger partial charge on any atom is -0.347 e. The van der Waals surface area contributed by atoms with Gasteiger partial charge in [-0.3, -0.25) is 19.8 Å². The molecular formula is C22H22F3N7O3. The first kappa shape index (κ1) is 24.3. The number of hydrogen-bond acceptors (Lipinski definition) is 8. The predicted molar refractivity (Wildman–Crippen MR) is 119 cm³/mol. The minimum absolute atomic E-state index is 0.173. The van der Waals surface area contributed by atoms with Crippen LogP contribution in [0.2, 0.25) is 0 Å². The molecule has 3 aromatic rings. The number of nitrogens with zero attached hydrogens (tertiary/aromatic N) is 6. The topological polar surface area (TPSA) is 128 Å². The number of carbonyl (C=O) groups excluding carboxylic acids is 1. The molecule has 1 fully saturated rings. The van der Waals surface area contributed by atoms with E-state index in [-0.39, 0.29) is 18.3 Å². The highest BCUT2D eigenvalue weighted by molar-refractivity contribution is 5.93. The fraction of sp³-hybridized carbons (Fsp3) is 0.318. The molecule has 4 rings (SSSR count). The highest BCUT2D eigenvalue weighted by atomic mass is 19.4. The summed E-state index contributed by atoms with van der Waals surface area (Å²) in [4.78, 5) is 30.4. The Morgan fingerprint density at radius 3 is 2.49 bits per heavy atom. The van der Waals surface area contributed by atoms with Gasteiger partial charge in [-0.15, -0.1) is 0 Å². The number of carbonyl (C=O) groups is 1. The molecule has 1 aliphatic rings. The van der Waals surface area contributed by atoms with Gasteiger partial charge in [0.1, 0.15) is 18.1 Å². The number of aryl methyl sites for hydroxylation is 1. The SMILES string of the molecule is Cc1cc(C(C)Nc2nccc(N3CC(O)(O)N(C)C3=O)n2)ncc1-c1ccnc(C(F)(F)F)c1. The molecule has 2 amide bonds. The van der Waals surface area contributed by atoms with Crippen molar-refractivity contribution in [2.24, 2.45) is 0 Å². The zero-order chi connectivity index (χ0) is 25.5. The van der Waals surface area contributed by atoms with E-state index in [0.717, 1.165) is 22.1 Å². The molecule has 4 heterocycles. The van der Waals surface area contributed by atoms with Gasteiger partial charge in [-0.1, -0.05) is 0 Å². The summed E-state index contributed by atoms with van der Waals surface area (Å²) in [5, 5.41) is 22.9. The van der Waals surface area contributed by atoms with Crippen LogP contribution >= 0.6 is 0 Å². The number of likely N-dealkylation sites (N-methyl/N-ethyl adjacent to an activating group) is 1. The van der Waals surface area contributed by atoms with E-state index < -0.39 is 29.9 Å². The Bertz CT molecular complexity index is 1270. The van der Waals surface area contributed by atoms with Gasteiger partial charge in [0.25, 0.3) is 5.91 Å². The van der Waals surface area contributed by atoms with Gasteiger partial charge < -0.3 is 15.5 Å². The van der Waals surface area contributed by atoms with Crippen molar-refractivity contribution in [3.05, 3.63) is 59.8 Å². The van der Waals surface area contributed by atoms with Gasteiger partial charge in [0.05, 0.1) is 11.7 Å². The van der Waals surface area contributed by atoms with Crippen molar-refractivity contribution in [1.29, 1.82) is 0 Å². The van der Waals surface area contributed by atoms with Crippen molar-refractivity contribution >= 4 is 17.8 Å². The maximum atomic E-state index is 13.0. The first-order chi connectivity index (χ1) is 16.4. The Labute approximate surface area is 198 Å². The standard InChI is InChI=1S/C22H22F3N7O3/c1-12-8-16(28-10-15(12)14-4-6-26-17(9-14)22(23,24)25)13(2)29-19-27-7-5-18(30-19)32-11-21(34,35)31(3)20(32)33/h4-10,13,34-35H,11H2,1-3H3,(H,27,29,30). The van der Waals surface area contributed by atoms with Crippen LogP contribution in [0.15, 0.2) is 42.9 Å². The van der Waals surface area contributed by atoms with Gasteiger partial charge in [-0.2, -0.15) is 18.2 Å². The van der Waals surface area contributed by atoms with Crippen LogP contribution < -0.4 is 10.2 Å². The van der Waals surface area contributed by atoms with Gasteiger partial charge >= 0.3 is 12.2 Å². The summed E-state index contributed by atoms with van der Waals surface area (Å²) in [7, 11) is 1.26. The monoisotopic (exact) mass is 489 g/mol. The molecule has 13 heteroatoms. The number of hydrogen-bond donors (Lipinski definition) is 3. The summed E-state index contributed by atoms with van der Waals surface area (Å²) in [5.74, 6) is -1.97. The number of nitrogens with one attached hydrogen (secondary N) is 1. The van der Waals surface area contributed by atoms with E-state index in [9.17, 15) is 28.2 Å². The van der Waals surface area contributed by atoms with E-state index in [1.54, 1.807) is 19.9 Å². The molecule has 1 unspecified atom stereocenters. The number of urea groups is 1. The second kappa shape index (κ2) is 8.74. The number of alkyl halides is 3. The lowest BCUT2D eigenvalue weighted by atomic mass is 10.0. The maximum Gasteiger partial charge on any atom is 0.433 e. The second-order valence-electron chi connectivity index (χ2n) is 8.16. The second-order valence-corrected chi connectivity index (χ2v) is 8.16. The highest BCUT2D eigenvalue weighted by Gasteiger charge is 2.46. The summed E-state index contributed by atoms with van der Waals surface area (Å²) in [6.45, 7) is 3.18. The fourth-order valence-corrected chi connectivity index (χ4v) is 3.61. The molecule has 184 valence electrons. The van der Waals surface area contributed by atoms with Crippen LogP contribution in [0.3, 0.4) is 0 Å². The molecule has 1 aliphatic heterocycles. The lowest BCUT2D eigenvalue weighted by molar-refractivity contribution is -0.214. The average Bonchev–Trinajstić information content (AvgIpc) is 3.01. The predicted octanol–water partition coefficient (Wildman–Crippen LogP) is 2.94. The molecule has 1 saturated heterocycles. The van der Waals surface area contributed by atoms with E-state index in [1.165, 1.54) is 31.6 Å². The third kappa shape index (κ3) is 4.86. The molecule has 35 heavy (non-hydrogen) atoms. The zero-order valence-electron chi connectivity index (χ0n) is 18.9.